The Morgan fingerprint density at radius 1 is 1.20 bits per heavy atom. The highest BCUT2D eigenvalue weighted by Gasteiger charge is 2.30. The molecule has 1 fully saturated rings. The Bertz CT molecular complexity index is 255. The molecule has 0 spiro atoms. The van der Waals surface area contributed by atoms with Gasteiger partial charge in [0.05, 0.1) is 12.7 Å². The van der Waals surface area contributed by atoms with E-state index < -0.39 is 0 Å². The van der Waals surface area contributed by atoms with Crippen molar-refractivity contribution in [2.24, 2.45) is 11.8 Å². The Morgan fingerprint density at radius 2 is 1.90 bits per heavy atom. The van der Waals surface area contributed by atoms with Crippen molar-refractivity contribution in [3.05, 3.63) is 0 Å². The molecule has 120 valence electrons. The Balaban J connectivity index is 2.46. The van der Waals surface area contributed by atoms with Gasteiger partial charge in [-0.1, -0.05) is 40.5 Å². The number of likely N-dealkylation sites (N-methyl/N-ethyl adjacent to an activating group) is 2. The molecule has 0 aromatic heterocycles. The van der Waals surface area contributed by atoms with E-state index in [1.54, 1.807) is 0 Å². The maximum atomic E-state index is 6.09. The van der Waals surface area contributed by atoms with Crippen LogP contribution in [0.25, 0.3) is 0 Å². The van der Waals surface area contributed by atoms with Gasteiger partial charge >= 0.3 is 0 Å². The first-order chi connectivity index (χ1) is 9.40. The van der Waals surface area contributed by atoms with Crippen molar-refractivity contribution in [3.63, 3.8) is 0 Å². The molecule has 0 bridgehead atoms. The van der Waals surface area contributed by atoms with Crippen molar-refractivity contribution in [2.45, 2.75) is 59.1 Å². The lowest BCUT2D eigenvalue weighted by atomic mass is 9.97. The van der Waals surface area contributed by atoms with Crippen molar-refractivity contribution in [1.29, 1.82) is 0 Å². The van der Waals surface area contributed by atoms with Crippen LogP contribution in [0.15, 0.2) is 0 Å². The molecule has 0 amide bonds. The molecule has 0 aromatic carbocycles. The maximum Gasteiger partial charge on any atom is 0.0857 e. The lowest BCUT2D eigenvalue weighted by molar-refractivity contribution is -0.0755. The van der Waals surface area contributed by atoms with E-state index in [4.69, 9.17) is 4.74 Å². The molecule has 3 nitrogen and oxygen atoms in total. The minimum atomic E-state index is 0.379. The molecular weight excluding hydrogens is 248 g/mol. The molecule has 1 heterocycles. The van der Waals surface area contributed by atoms with E-state index in [1.165, 1.54) is 19.3 Å². The summed E-state index contributed by atoms with van der Waals surface area (Å²) in [6.07, 6.45) is 4.30. The lowest BCUT2D eigenvalue weighted by Crippen LogP contribution is -2.53. The molecule has 1 aliphatic heterocycles. The van der Waals surface area contributed by atoms with E-state index >= 15 is 0 Å². The van der Waals surface area contributed by atoms with Crippen molar-refractivity contribution in [1.82, 2.24) is 9.80 Å². The summed E-state index contributed by atoms with van der Waals surface area (Å²) in [4.78, 5) is 4.95. The van der Waals surface area contributed by atoms with Crippen LogP contribution in [0.4, 0.5) is 0 Å². The van der Waals surface area contributed by atoms with Gasteiger partial charge in [0.2, 0.25) is 0 Å². The Morgan fingerprint density at radius 3 is 2.50 bits per heavy atom. The maximum absolute atomic E-state index is 6.09. The smallest absolute Gasteiger partial charge is 0.0857 e. The zero-order valence-corrected chi connectivity index (χ0v) is 14.6. The molecule has 0 aromatic rings. The summed E-state index contributed by atoms with van der Waals surface area (Å²) in [6, 6.07) is 0.595. The van der Waals surface area contributed by atoms with E-state index in [2.05, 4.69) is 51.6 Å². The van der Waals surface area contributed by atoms with Crippen LogP contribution in [0.2, 0.25) is 0 Å². The van der Waals surface area contributed by atoms with Crippen LogP contribution in [-0.4, -0.2) is 62.3 Å². The summed E-state index contributed by atoms with van der Waals surface area (Å²) in [7, 11) is 4.49. The highest BCUT2D eigenvalue weighted by molar-refractivity contribution is 4.84. The normalized spacial score (nSPS) is 25.1. The highest BCUT2D eigenvalue weighted by Crippen LogP contribution is 2.20. The summed E-state index contributed by atoms with van der Waals surface area (Å²) in [5, 5.41) is 0. The SMILES string of the molecule is CC(C)CCC[C@@H]1[C@@H](CN(C)CC(C)C)OCCN1C. The van der Waals surface area contributed by atoms with Gasteiger partial charge in [0.25, 0.3) is 0 Å². The van der Waals surface area contributed by atoms with Gasteiger partial charge in [0, 0.05) is 25.7 Å². The van der Waals surface area contributed by atoms with Gasteiger partial charge in [0.15, 0.2) is 0 Å². The topological polar surface area (TPSA) is 15.7 Å². The van der Waals surface area contributed by atoms with E-state index in [0.29, 0.717) is 12.1 Å². The molecule has 0 unspecified atom stereocenters. The summed E-state index contributed by atoms with van der Waals surface area (Å²) in [5.41, 5.74) is 0. The molecule has 1 aliphatic rings. The zero-order chi connectivity index (χ0) is 15.1. The van der Waals surface area contributed by atoms with Crippen LogP contribution < -0.4 is 0 Å². The lowest BCUT2D eigenvalue weighted by Gasteiger charge is -2.41. The third-order valence-electron chi connectivity index (χ3n) is 4.22. The van der Waals surface area contributed by atoms with Crippen LogP contribution in [-0.2, 0) is 4.74 Å². The Labute approximate surface area is 126 Å². The first-order valence-electron chi connectivity index (χ1n) is 8.40. The first-order valence-corrected chi connectivity index (χ1v) is 8.40. The second kappa shape index (κ2) is 9.01. The second-order valence-corrected chi connectivity index (χ2v) is 7.40. The third kappa shape index (κ3) is 6.55. The number of morpholine rings is 1. The van der Waals surface area contributed by atoms with Gasteiger partial charge < -0.3 is 9.64 Å². The fraction of sp³-hybridized carbons (Fsp3) is 1.00. The molecule has 0 N–H and O–H groups in total. The molecule has 0 saturated carbocycles. The van der Waals surface area contributed by atoms with Crippen LogP contribution in [0.3, 0.4) is 0 Å². The van der Waals surface area contributed by atoms with Crippen LogP contribution >= 0.6 is 0 Å². The summed E-state index contributed by atoms with van der Waals surface area (Å²) >= 11 is 0. The van der Waals surface area contributed by atoms with E-state index in [9.17, 15) is 0 Å². The number of hydrogen-bond donors (Lipinski definition) is 0. The van der Waals surface area contributed by atoms with Crippen LogP contribution in [0, 0.1) is 11.8 Å². The minimum Gasteiger partial charge on any atom is -0.374 e. The standard InChI is InChI=1S/C17H36N2O/c1-14(2)8-7-9-16-17(20-11-10-19(16)6)13-18(5)12-15(3)4/h14-17H,7-13H2,1-6H3/t16-,17-/m1/s1. The average molecular weight is 284 g/mol. The monoisotopic (exact) mass is 284 g/mol. The van der Waals surface area contributed by atoms with Gasteiger partial charge in [-0.05, 0) is 32.4 Å². The molecular formula is C17H36N2O. The predicted molar refractivity (Wildman–Crippen MR) is 87.2 cm³/mol. The number of nitrogens with zero attached hydrogens (tertiary/aromatic N) is 2. The van der Waals surface area contributed by atoms with Gasteiger partial charge in [-0.15, -0.1) is 0 Å². The van der Waals surface area contributed by atoms with Crippen molar-refractivity contribution >= 4 is 0 Å². The molecule has 0 aliphatic carbocycles. The van der Waals surface area contributed by atoms with E-state index in [1.807, 2.05) is 0 Å². The number of rotatable bonds is 8. The largest absolute Gasteiger partial charge is 0.374 e. The number of ether oxygens (including phenoxy) is 1. The highest BCUT2D eigenvalue weighted by atomic mass is 16.5. The molecule has 1 saturated heterocycles. The van der Waals surface area contributed by atoms with Crippen LogP contribution in [0.5, 0.6) is 0 Å². The van der Waals surface area contributed by atoms with Gasteiger partial charge in [0.1, 0.15) is 0 Å². The Hall–Kier alpha value is -0.120. The average Bonchev–Trinajstić information content (AvgIpc) is 2.31. The van der Waals surface area contributed by atoms with E-state index in [-0.39, 0.29) is 0 Å². The fourth-order valence-corrected chi connectivity index (χ4v) is 3.23. The van der Waals surface area contributed by atoms with E-state index in [0.717, 1.165) is 38.1 Å². The minimum absolute atomic E-state index is 0.379. The molecule has 0 radical (unpaired) electrons. The first kappa shape index (κ1) is 17.9. The molecule has 1 rings (SSSR count). The summed E-state index contributed by atoms with van der Waals surface area (Å²) in [5.74, 6) is 1.53. The number of hydrogen-bond acceptors (Lipinski definition) is 3. The zero-order valence-electron chi connectivity index (χ0n) is 14.6. The molecule has 3 heteroatoms. The van der Waals surface area contributed by atoms with Gasteiger partial charge in [-0.2, -0.15) is 0 Å². The van der Waals surface area contributed by atoms with Gasteiger partial charge in [-0.25, -0.2) is 0 Å². The van der Waals surface area contributed by atoms with Gasteiger partial charge in [-0.3, -0.25) is 4.90 Å². The second-order valence-electron chi connectivity index (χ2n) is 7.40. The third-order valence-corrected chi connectivity index (χ3v) is 4.22. The van der Waals surface area contributed by atoms with Crippen molar-refractivity contribution in [2.75, 3.05) is 40.3 Å². The predicted octanol–water partition coefficient (Wildman–Crippen LogP) is 3.10. The summed E-state index contributed by atoms with van der Waals surface area (Å²) in [6.45, 7) is 13.4. The van der Waals surface area contributed by atoms with Crippen molar-refractivity contribution < 1.29 is 4.74 Å². The van der Waals surface area contributed by atoms with Crippen LogP contribution in [0.1, 0.15) is 47.0 Å². The quantitative estimate of drug-likeness (QED) is 0.681. The fourth-order valence-electron chi connectivity index (χ4n) is 3.23. The summed E-state index contributed by atoms with van der Waals surface area (Å²) < 4.78 is 6.09. The molecule has 2 atom stereocenters. The molecule has 20 heavy (non-hydrogen) atoms. The van der Waals surface area contributed by atoms with Crippen molar-refractivity contribution in [3.8, 4) is 0 Å². The Kier molecular flexibility index (Phi) is 8.08.